The molecule has 0 aliphatic carbocycles. The largest absolute Gasteiger partial charge is 0.494 e. The Labute approximate surface area is 110 Å². The van der Waals surface area contributed by atoms with Crippen molar-refractivity contribution in [1.29, 1.82) is 0 Å². The molecule has 0 spiro atoms. The van der Waals surface area contributed by atoms with Crippen LogP contribution in [0.25, 0.3) is 0 Å². The molecule has 0 aromatic heterocycles. The zero-order valence-electron chi connectivity index (χ0n) is 10.8. The Bertz CT molecular complexity index is 476. The molecule has 1 aromatic carbocycles. The first-order valence-electron chi connectivity index (χ1n) is 5.84. The molecule has 1 atom stereocenters. The van der Waals surface area contributed by atoms with E-state index in [4.69, 9.17) is 9.84 Å². The van der Waals surface area contributed by atoms with Gasteiger partial charge in [-0.05, 0) is 24.6 Å². The maximum Gasteiger partial charge on any atom is 0.305 e. The molecule has 2 N–H and O–H groups in total. The monoisotopic (exact) mass is 269 g/mol. The number of carbonyl (C=O) groups excluding carboxylic acids is 1. The second-order valence-corrected chi connectivity index (χ2v) is 4.03. The molecule has 0 saturated carbocycles. The molecule has 0 radical (unpaired) electrons. The number of ether oxygens (including phenoxy) is 1. The van der Waals surface area contributed by atoms with Crippen LogP contribution in [0.3, 0.4) is 0 Å². The van der Waals surface area contributed by atoms with Crippen molar-refractivity contribution in [3.05, 3.63) is 29.6 Å². The van der Waals surface area contributed by atoms with Gasteiger partial charge in [0.15, 0.2) is 11.6 Å². The number of rotatable bonds is 6. The Hall–Kier alpha value is -2.11. The van der Waals surface area contributed by atoms with Crippen LogP contribution in [0.1, 0.15) is 30.1 Å². The minimum atomic E-state index is -0.983. The predicted molar refractivity (Wildman–Crippen MR) is 66.8 cm³/mol. The molecule has 6 heteroatoms. The lowest BCUT2D eigenvalue weighted by atomic mass is 10.1. The highest BCUT2D eigenvalue weighted by atomic mass is 19.1. The molecule has 1 unspecified atom stereocenters. The number of aliphatic carboxylic acids is 1. The van der Waals surface area contributed by atoms with Crippen molar-refractivity contribution in [2.75, 3.05) is 7.11 Å². The van der Waals surface area contributed by atoms with Crippen molar-refractivity contribution in [3.63, 3.8) is 0 Å². The highest BCUT2D eigenvalue weighted by molar-refractivity contribution is 5.95. The zero-order chi connectivity index (χ0) is 14.4. The standard InChI is InChI=1S/C13H16FNO4/c1-3-9(7-12(16)17)15-13(18)8-4-5-10(14)11(6-8)19-2/h4-6,9H,3,7H2,1-2H3,(H,15,18)(H,16,17). The SMILES string of the molecule is CCC(CC(=O)O)NC(=O)c1ccc(F)c(OC)c1. The quantitative estimate of drug-likeness (QED) is 0.826. The van der Waals surface area contributed by atoms with E-state index in [9.17, 15) is 14.0 Å². The van der Waals surface area contributed by atoms with Gasteiger partial charge in [0, 0.05) is 11.6 Å². The lowest BCUT2D eigenvalue weighted by Gasteiger charge is -2.15. The van der Waals surface area contributed by atoms with Gasteiger partial charge in [0.05, 0.1) is 13.5 Å². The molecule has 0 heterocycles. The number of carbonyl (C=O) groups is 2. The summed E-state index contributed by atoms with van der Waals surface area (Å²) in [5, 5.41) is 11.3. The van der Waals surface area contributed by atoms with Crippen LogP contribution in [0.4, 0.5) is 4.39 Å². The summed E-state index contributed by atoms with van der Waals surface area (Å²) in [5.41, 5.74) is 0.224. The van der Waals surface area contributed by atoms with Gasteiger partial charge in [0.25, 0.3) is 5.91 Å². The predicted octanol–water partition coefficient (Wildman–Crippen LogP) is 1.82. The van der Waals surface area contributed by atoms with Crippen LogP contribution in [-0.4, -0.2) is 30.1 Å². The van der Waals surface area contributed by atoms with E-state index in [1.165, 1.54) is 19.2 Å². The number of hydrogen-bond donors (Lipinski definition) is 2. The Balaban J connectivity index is 2.79. The summed E-state index contributed by atoms with van der Waals surface area (Å²) in [6.45, 7) is 1.78. The van der Waals surface area contributed by atoms with E-state index in [0.29, 0.717) is 6.42 Å². The molecule has 0 saturated heterocycles. The van der Waals surface area contributed by atoms with Crippen LogP contribution in [0.5, 0.6) is 5.75 Å². The molecule has 0 aliphatic rings. The molecule has 1 rings (SSSR count). The van der Waals surface area contributed by atoms with E-state index in [0.717, 1.165) is 6.07 Å². The molecular formula is C13H16FNO4. The van der Waals surface area contributed by atoms with E-state index in [2.05, 4.69) is 5.32 Å². The summed E-state index contributed by atoms with van der Waals surface area (Å²) in [6, 6.07) is 3.27. The molecule has 104 valence electrons. The van der Waals surface area contributed by atoms with Crippen molar-refractivity contribution in [1.82, 2.24) is 5.32 Å². The van der Waals surface area contributed by atoms with Crippen molar-refractivity contribution in [3.8, 4) is 5.75 Å². The van der Waals surface area contributed by atoms with Crippen LogP contribution < -0.4 is 10.1 Å². The van der Waals surface area contributed by atoms with Gasteiger partial charge in [0.1, 0.15) is 0 Å². The van der Waals surface area contributed by atoms with Gasteiger partial charge >= 0.3 is 5.97 Å². The molecule has 0 fully saturated rings. The van der Waals surface area contributed by atoms with E-state index >= 15 is 0 Å². The first-order valence-corrected chi connectivity index (χ1v) is 5.84. The number of halogens is 1. The van der Waals surface area contributed by atoms with Gasteiger partial charge in [-0.1, -0.05) is 6.92 Å². The normalized spacial score (nSPS) is 11.7. The maximum atomic E-state index is 13.2. The van der Waals surface area contributed by atoms with Gasteiger partial charge in [0.2, 0.25) is 0 Å². The fourth-order valence-corrected chi connectivity index (χ4v) is 1.58. The second-order valence-electron chi connectivity index (χ2n) is 4.03. The van der Waals surface area contributed by atoms with E-state index in [1.54, 1.807) is 6.92 Å². The van der Waals surface area contributed by atoms with Crippen LogP contribution in [0.15, 0.2) is 18.2 Å². The van der Waals surface area contributed by atoms with Gasteiger partial charge in [-0.15, -0.1) is 0 Å². The zero-order valence-corrected chi connectivity index (χ0v) is 10.8. The van der Waals surface area contributed by atoms with Gasteiger partial charge in [-0.2, -0.15) is 0 Å². The summed E-state index contributed by atoms with van der Waals surface area (Å²) < 4.78 is 18.0. The summed E-state index contributed by atoms with van der Waals surface area (Å²) in [4.78, 5) is 22.5. The number of hydrogen-bond acceptors (Lipinski definition) is 3. The van der Waals surface area contributed by atoms with E-state index < -0.39 is 23.7 Å². The average molecular weight is 269 g/mol. The Morgan fingerprint density at radius 2 is 2.16 bits per heavy atom. The minimum absolute atomic E-state index is 0.0288. The summed E-state index contributed by atoms with van der Waals surface area (Å²) in [7, 11) is 1.30. The lowest BCUT2D eigenvalue weighted by molar-refractivity contribution is -0.137. The first-order chi connectivity index (χ1) is 8.97. The fraction of sp³-hybridized carbons (Fsp3) is 0.385. The van der Waals surface area contributed by atoms with E-state index in [1.807, 2.05) is 0 Å². The Kier molecular flexibility index (Phi) is 5.29. The van der Waals surface area contributed by atoms with Crippen molar-refractivity contribution < 1.29 is 23.8 Å². The average Bonchev–Trinajstić information content (AvgIpc) is 2.37. The third kappa shape index (κ3) is 4.24. The van der Waals surface area contributed by atoms with Crippen LogP contribution >= 0.6 is 0 Å². The molecular weight excluding hydrogens is 253 g/mol. The number of amides is 1. The molecule has 5 nitrogen and oxygen atoms in total. The van der Waals surface area contributed by atoms with Gasteiger partial charge in [-0.25, -0.2) is 4.39 Å². The summed E-state index contributed by atoms with van der Waals surface area (Å²) in [6.07, 6.45) is 0.344. The third-order valence-electron chi connectivity index (χ3n) is 2.66. The molecule has 0 bridgehead atoms. The topological polar surface area (TPSA) is 75.6 Å². The van der Waals surface area contributed by atoms with Crippen molar-refractivity contribution >= 4 is 11.9 Å². The number of carboxylic acids is 1. The van der Waals surface area contributed by atoms with Gasteiger partial charge in [-0.3, -0.25) is 9.59 Å². The smallest absolute Gasteiger partial charge is 0.305 e. The number of carboxylic acid groups (broad SMARTS) is 1. The molecule has 1 amide bonds. The minimum Gasteiger partial charge on any atom is -0.494 e. The Morgan fingerprint density at radius 3 is 2.68 bits per heavy atom. The maximum absolute atomic E-state index is 13.2. The third-order valence-corrected chi connectivity index (χ3v) is 2.66. The summed E-state index contributed by atoms with van der Waals surface area (Å²) >= 11 is 0. The van der Waals surface area contributed by atoms with Crippen LogP contribution in [0, 0.1) is 5.82 Å². The van der Waals surface area contributed by atoms with Crippen molar-refractivity contribution in [2.24, 2.45) is 0 Å². The molecule has 0 aliphatic heterocycles. The first kappa shape index (κ1) is 14.9. The van der Waals surface area contributed by atoms with Crippen LogP contribution in [-0.2, 0) is 4.79 Å². The fourth-order valence-electron chi connectivity index (χ4n) is 1.58. The van der Waals surface area contributed by atoms with Crippen LogP contribution in [0.2, 0.25) is 0 Å². The van der Waals surface area contributed by atoms with Crippen molar-refractivity contribution in [2.45, 2.75) is 25.8 Å². The Morgan fingerprint density at radius 1 is 1.47 bits per heavy atom. The molecule has 1 aromatic rings. The number of benzene rings is 1. The molecule has 19 heavy (non-hydrogen) atoms. The number of nitrogens with one attached hydrogen (secondary N) is 1. The highest BCUT2D eigenvalue weighted by Gasteiger charge is 2.16. The van der Waals surface area contributed by atoms with Gasteiger partial charge < -0.3 is 15.2 Å². The number of methoxy groups -OCH3 is 1. The second kappa shape index (κ2) is 6.72. The lowest BCUT2D eigenvalue weighted by Crippen LogP contribution is -2.36. The highest BCUT2D eigenvalue weighted by Crippen LogP contribution is 2.18. The van der Waals surface area contributed by atoms with E-state index in [-0.39, 0.29) is 17.7 Å². The summed E-state index contributed by atoms with van der Waals surface area (Å²) in [5.74, 6) is -2.02.